The molecule has 0 amide bonds. The first kappa shape index (κ1) is 49.4. The van der Waals surface area contributed by atoms with Gasteiger partial charge in [-0.3, -0.25) is 4.57 Å². The van der Waals surface area contributed by atoms with Gasteiger partial charge in [0.15, 0.2) is 0 Å². The van der Waals surface area contributed by atoms with Gasteiger partial charge in [0.05, 0.1) is 34.4 Å². The number of imidazole rings is 1. The summed E-state index contributed by atoms with van der Waals surface area (Å²) in [5.74, 6) is 1.83. The van der Waals surface area contributed by atoms with Gasteiger partial charge < -0.3 is 23.3 Å². The van der Waals surface area contributed by atoms with Crippen molar-refractivity contribution in [2.24, 2.45) is 0 Å². The van der Waals surface area contributed by atoms with Crippen LogP contribution >= 0.6 is 0 Å². The predicted octanol–water partition coefficient (Wildman–Crippen LogP) is 20.1. The van der Waals surface area contributed by atoms with Gasteiger partial charge in [0.2, 0.25) is 0 Å². The van der Waals surface area contributed by atoms with Gasteiger partial charge in [-0.25, -0.2) is 4.98 Å². The largest absolute Gasteiger partial charge is 0.494 e. The fraction of sp³-hybridized carbons (Fsp3) is 0.104. The van der Waals surface area contributed by atoms with E-state index in [9.17, 15) is 0 Å². The zero-order valence-corrected chi connectivity index (χ0v) is 47.4. The minimum atomic E-state index is 0.685. The average Bonchev–Trinajstić information content (AvgIpc) is 3.89. The zero-order valence-electron chi connectivity index (χ0n) is 47.4. The Bertz CT molecular complexity index is 5270. The SMILES string of the molecule is CCCOc1ccc2oc3ccc(-c4ccc5c(c4)c4ccccc4n5-c4cccc(-n5c6ccccc6c6cc(-c7ccc8[nH]c9ccc(CCc%10ccc(-c%11nccn%11-c%11c(C)cc(C)cc%11C)cc%10)cc9c8c7)ccc65)c4)cc3c2c1. The number of furan rings is 1. The van der Waals surface area contributed by atoms with Crippen LogP contribution in [0.1, 0.15) is 41.2 Å². The third-order valence-electron chi connectivity index (χ3n) is 17.4. The number of para-hydroxylation sites is 2. The number of aromatic nitrogens is 5. The van der Waals surface area contributed by atoms with Crippen LogP contribution < -0.4 is 4.74 Å². The van der Waals surface area contributed by atoms with E-state index in [4.69, 9.17) is 14.1 Å². The number of aromatic amines is 1. The number of ether oxygens (including phenoxy) is 1. The van der Waals surface area contributed by atoms with E-state index >= 15 is 0 Å². The molecule has 0 atom stereocenters. The molecule has 0 aliphatic heterocycles. The van der Waals surface area contributed by atoms with Crippen molar-refractivity contribution in [3.63, 3.8) is 0 Å². The maximum Gasteiger partial charge on any atom is 0.144 e. The molecule has 16 aromatic rings. The number of aryl methyl sites for hydroxylation is 5. The molecular weight excluding hydrogens is 1030 g/mol. The van der Waals surface area contributed by atoms with Crippen LogP contribution in [0, 0.1) is 20.8 Å². The van der Waals surface area contributed by atoms with Crippen molar-refractivity contribution in [2.45, 2.75) is 47.0 Å². The van der Waals surface area contributed by atoms with Crippen LogP contribution in [0.2, 0.25) is 0 Å². The van der Waals surface area contributed by atoms with Crippen molar-refractivity contribution in [1.82, 2.24) is 23.7 Å². The van der Waals surface area contributed by atoms with Crippen molar-refractivity contribution < 1.29 is 9.15 Å². The number of H-pyrrole nitrogens is 1. The Balaban J connectivity index is 0.700. The van der Waals surface area contributed by atoms with Crippen LogP contribution in [0.5, 0.6) is 5.75 Å². The standard InChI is InChI=1S/C77H59N5O2/c1-5-37-83-59-28-34-75-67(46-59)66-44-56(27-33-74(66)84-75)55-26-32-73-65(43-55)61-14-7-9-16-71(61)82(73)58-12-10-11-57(45-58)81-70-15-8-6-13-60(70)64-42-54(25-31-72(64)81)53-24-30-69-63(41-53)62-40-51(21-29-68(62)79-69)18-17-50-19-22-52(23-20-50)77-78-35-36-80(77)76-48(3)38-47(2)39-49(76)4/h6-16,19-36,38-46,79H,5,17-18,37H2,1-4H3. The summed E-state index contributed by atoms with van der Waals surface area (Å²) in [6.07, 6.45) is 6.83. The lowest BCUT2D eigenvalue weighted by Gasteiger charge is -2.15. The molecule has 0 saturated carbocycles. The first-order chi connectivity index (χ1) is 41.3. The molecule has 1 N–H and O–H groups in total. The number of rotatable bonds is 12. The second-order valence-corrected chi connectivity index (χ2v) is 22.8. The highest BCUT2D eigenvalue weighted by Crippen LogP contribution is 2.41. The lowest BCUT2D eigenvalue weighted by molar-refractivity contribution is 0.318. The lowest BCUT2D eigenvalue weighted by Crippen LogP contribution is -2.02. The molecule has 16 rings (SSSR count). The van der Waals surface area contributed by atoms with Crippen LogP contribution in [-0.2, 0) is 12.8 Å². The van der Waals surface area contributed by atoms with E-state index in [1.807, 2.05) is 18.3 Å². The summed E-state index contributed by atoms with van der Waals surface area (Å²) >= 11 is 0. The fourth-order valence-electron chi connectivity index (χ4n) is 13.5. The minimum absolute atomic E-state index is 0.685. The summed E-state index contributed by atoms with van der Waals surface area (Å²) in [5, 5.41) is 9.51. The molecule has 0 bridgehead atoms. The normalized spacial score (nSPS) is 12.0. The highest BCUT2D eigenvalue weighted by molar-refractivity contribution is 6.14. The molecule has 0 unspecified atom stereocenters. The predicted molar refractivity (Wildman–Crippen MR) is 349 cm³/mol. The van der Waals surface area contributed by atoms with E-state index in [1.54, 1.807) is 0 Å². The summed E-state index contributed by atoms with van der Waals surface area (Å²) in [7, 11) is 0. The summed E-state index contributed by atoms with van der Waals surface area (Å²) in [4.78, 5) is 8.52. The summed E-state index contributed by atoms with van der Waals surface area (Å²) < 4.78 is 19.4. The van der Waals surface area contributed by atoms with E-state index in [1.165, 1.54) is 93.5 Å². The van der Waals surface area contributed by atoms with Crippen molar-refractivity contribution in [1.29, 1.82) is 0 Å². The van der Waals surface area contributed by atoms with Crippen LogP contribution in [0.3, 0.4) is 0 Å². The van der Waals surface area contributed by atoms with Crippen molar-refractivity contribution in [3.05, 3.63) is 259 Å². The van der Waals surface area contributed by atoms with E-state index in [0.29, 0.717) is 6.61 Å². The molecule has 404 valence electrons. The highest BCUT2D eigenvalue weighted by Gasteiger charge is 2.20. The van der Waals surface area contributed by atoms with Gasteiger partial charge in [0, 0.05) is 83.5 Å². The van der Waals surface area contributed by atoms with Crippen LogP contribution in [0.25, 0.3) is 138 Å². The number of fused-ring (bicyclic) bond motifs is 12. The number of nitrogens with one attached hydrogen (secondary N) is 1. The minimum Gasteiger partial charge on any atom is -0.494 e. The molecule has 7 heteroatoms. The molecule has 5 heterocycles. The zero-order chi connectivity index (χ0) is 56.2. The third kappa shape index (κ3) is 8.21. The molecular formula is C77H59N5O2. The molecule has 84 heavy (non-hydrogen) atoms. The Kier molecular flexibility index (Phi) is 11.6. The summed E-state index contributed by atoms with van der Waals surface area (Å²) in [5.41, 5.74) is 24.3. The number of nitrogens with zero attached hydrogens (tertiary/aromatic N) is 4. The Hall–Kier alpha value is -10.4. The van der Waals surface area contributed by atoms with Crippen molar-refractivity contribution in [2.75, 3.05) is 6.61 Å². The first-order valence-electron chi connectivity index (χ1n) is 29.3. The fourth-order valence-corrected chi connectivity index (χ4v) is 13.5. The van der Waals surface area contributed by atoms with E-state index in [2.05, 4.69) is 259 Å². The molecule has 0 radical (unpaired) electrons. The molecule has 11 aromatic carbocycles. The molecule has 0 saturated heterocycles. The summed E-state index contributed by atoms with van der Waals surface area (Å²) in [6.45, 7) is 9.34. The monoisotopic (exact) mass is 1090 g/mol. The van der Waals surface area contributed by atoms with Crippen LogP contribution in [0.4, 0.5) is 0 Å². The summed E-state index contributed by atoms with van der Waals surface area (Å²) in [6, 6.07) is 80.4. The van der Waals surface area contributed by atoms with Crippen LogP contribution in [0.15, 0.2) is 235 Å². The molecule has 7 nitrogen and oxygen atoms in total. The molecule has 0 fully saturated rings. The smallest absolute Gasteiger partial charge is 0.144 e. The molecule has 5 aromatic heterocycles. The Morgan fingerprint density at radius 2 is 0.964 bits per heavy atom. The maximum atomic E-state index is 6.29. The second-order valence-electron chi connectivity index (χ2n) is 22.8. The highest BCUT2D eigenvalue weighted by atomic mass is 16.5. The average molecular weight is 1090 g/mol. The van der Waals surface area contributed by atoms with Crippen LogP contribution in [-0.4, -0.2) is 30.3 Å². The molecule has 0 aliphatic rings. The topological polar surface area (TPSA) is 65.8 Å². The Morgan fingerprint density at radius 1 is 0.440 bits per heavy atom. The first-order valence-corrected chi connectivity index (χ1v) is 29.3. The van der Waals surface area contributed by atoms with Gasteiger partial charge in [-0.15, -0.1) is 0 Å². The maximum absolute atomic E-state index is 6.29. The van der Waals surface area contributed by atoms with E-state index < -0.39 is 0 Å². The van der Waals surface area contributed by atoms with Crippen molar-refractivity contribution >= 4 is 87.4 Å². The van der Waals surface area contributed by atoms with Gasteiger partial charge in [0.1, 0.15) is 22.7 Å². The van der Waals surface area contributed by atoms with Gasteiger partial charge in [-0.2, -0.15) is 0 Å². The number of hydrogen-bond donors (Lipinski definition) is 1. The Morgan fingerprint density at radius 3 is 1.63 bits per heavy atom. The van der Waals surface area contributed by atoms with Gasteiger partial charge in [-0.1, -0.05) is 122 Å². The van der Waals surface area contributed by atoms with Crippen molar-refractivity contribution in [3.8, 4) is 56.5 Å². The third-order valence-corrected chi connectivity index (χ3v) is 17.4. The Labute approximate surface area is 486 Å². The van der Waals surface area contributed by atoms with Gasteiger partial charge in [-0.05, 0) is 194 Å². The number of hydrogen-bond acceptors (Lipinski definition) is 3. The van der Waals surface area contributed by atoms with E-state index in [0.717, 1.165) is 97.4 Å². The second kappa shape index (κ2) is 19.7. The molecule has 0 spiro atoms. The lowest BCUT2D eigenvalue weighted by atomic mass is 9.99. The van der Waals surface area contributed by atoms with Gasteiger partial charge >= 0.3 is 0 Å². The molecule has 0 aliphatic carbocycles. The quantitative estimate of drug-likeness (QED) is 0.133. The number of benzene rings is 11. The van der Waals surface area contributed by atoms with E-state index in [-0.39, 0.29) is 0 Å². The van der Waals surface area contributed by atoms with Gasteiger partial charge in [0.25, 0.3) is 0 Å².